The summed E-state index contributed by atoms with van der Waals surface area (Å²) in [5, 5.41) is 22.2. The molecule has 186 valence electrons. The van der Waals surface area contributed by atoms with Gasteiger partial charge in [-0.1, -0.05) is 71.8 Å². The quantitative estimate of drug-likeness (QED) is 0.260. The van der Waals surface area contributed by atoms with Crippen molar-refractivity contribution in [3.05, 3.63) is 105 Å². The van der Waals surface area contributed by atoms with Gasteiger partial charge in [0.15, 0.2) is 0 Å². The van der Waals surface area contributed by atoms with E-state index < -0.39 is 0 Å². The van der Waals surface area contributed by atoms with E-state index in [0.717, 1.165) is 59.1 Å². The molecule has 4 aromatic rings. The van der Waals surface area contributed by atoms with Crippen molar-refractivity contribution in [3.8, 4) is 33.8 Å². The van der Waals surface area contributed by atoms with Crippen LogP contribution in [0.2, 0.25) is 0 Å². The van der Waals surface area contributed by atoms with E-state index in [1.165, 1.54) is 33.4 Å². The molecule has 0 spiro atoms. The predicted octanol–water partition coefficient (Wildman–Crippen LogP) is 8.85. The molecule has 0 amide bonds. The molecule has 0 radical (unpaired) electrons. The molecule has 4 aromatic carbocycles. The van der Waals surface area contributed by atoms with E-state index in [1.807, 2.05) is 36.4 Å². The van der Waals surface area contributed by atoms with E-state index in [-0.39, 0.29) is 0 Å². The van der Waals surface area contributed by atoms with Gasteiger partial charge in [0.2, 0.25) is 0 Å². The lowest BCUT2D eigenvalue weighted by Gasteiger charge is -2.16. The maximum Gasteiger partial charge on any atom is 0.126 e. The third-order valence-corrected chi connectivity index (χ3v) is 7.27. The van der Waals surface area contributed by atoms with Gasteiger partial charge >= 0.3 is 0 Å². The topological polar surface area (TPSA) is 40.5 Å². The van der Waals surface area contributed by atoms with Crippen molar-refractivity contribution >= 4 is 0 Å². The minimum absolute atomic E-state index is 0.391. The zero-order valence-corrected chi connectivity index (χ0v) is 22.5. The maximum absolute atomic E-state index is 11.1. The van der Waals surface area contributed by atoms with Crippen molar-refractivity contribution in [3.63, 3.8) is 0 Å². The third-order valence-electron chi connectivity index (χ3n) is 7.27. The van der Waals surface area contributed by atoms with Crippen LogP contribution in [0.5, 0.6) is 11.5 Å². The lowest BCUT2D eigenvalue weighted by Crippen LogP contribution is -1.96. The van der Waals surface area contributed by atoms with Gasteiger partial charge in [-0.2, -0.15) is 0 Å². The average molecular weight is 479 g/mol. The number of phenolic OH excluding ortho intramolecular Hbond substituents is 2. The van der Waals surface area contributed by atoms with Gasteiger partial charge in [-0.05, 0) is 112 Å². The summed E-state index contributed by atoms with van der Waals surface area (Å²) in [7, 11) is 0. The third kappa shape index (κ3) is 5.18. The van der Waals surface area contributed by atoms with Crippen LogP contribution in [0.3, 0.4) is 0 Å². The number of para-hydroxylation sites is 2. The smallest absolute Gasteiger partial charge is 0.126 e. The predicted molar refractivity (Wildman–Crippen MR) is 152 cm³/mol. The summed E-state index contributed by atoms with van der Waals surface area (Å²) in [6, 6.07) is 20.9. The highest BCUT2D eigenvalue weighted by Crippen LogP contribution is 2.39. The van der Waals surface area contributed by atoms with Crippen molar-refractivity contribution in [2.75, 3.05) is 0 Å². The Balaban J connectivity index is 1.48. The standard InChI is InChI=1S/C34H38O2/c1-21-17-23(3)31(24(4)18-21)29-15-9-13-27(33(29)35)11-7-8-12-28-14-10-16-30(34(28)36)32-25(5)19-22(2)20-26(32)6/h9-10,13-20,35-36H,7-8,11-12H2,1-6H3. The van der Waals surface area contributed by atoms with Gasteiger partial charge in [-0.15, -0.1) is 0 Å². The van der Waals surface area contributed by atoms with Crippen LogP contribution in [-0.2, 0) is 12.8 Å². The molecule has 0 aliphatic heterocycles. The van der Waals surface area contributed by atoms with E-state index in [9.17, 15) is 10.2 Å². The number of hydrogen-bond acceptors (Lipinski definition) is 2. The molecule has 2 N–H and O–H groups in total. The number of unbranched alkanes of at least 4 members (excludes halogenated alkanes) is 1. The van der Waals surface area contributed by atoms with E-state index in [2.05, 4.69) is 65.8 Å². The van der Waals surface area contributed by atoms with Crippen molar-refractivity contribution in [2.45, 2.75) is 67.2 Å². The Morgan fingerprint density at radius 3 is 1.17 bits per heavy atom. The number of benzene rings is 4. The second-order valence-electron chi connectivity index (χ2n) is 10.4. The Hall–Kier alpha value is -3.52. The molecule has 0 aliphatic carbocycles. The molecule has 2 nitrogen and oxygen atoms in total. The van der Waals surface area contributed by atoms with Crippen LogP contribution in [0.1, 0.15) is 57.3 Å². The van der Waals surface area contributed by atoms with Gasteiger partial charge < -0.3 is 10.2 Å². The number of aromatic hydroxyl groups is 2. The van der Waals surface area contributed by atoms with Gasteiger partial charge in [0.1, 0.15) is 11.5 Å². The molecular formula is C34H38O2. The highest BCUT2D eigenvalue weighted by molar-refractivity contribution is 5.78. The highest BCUT2D eigenvalue weighted by atomic mass is 16.3. The molecule has 0 atom stereocenters. The van der Waals surface area contributed by atoms with Crippen molar-refractivity contribution in [2.24, 2.45) is 0 Å². The molecule has 0 saturated heterocycles. The number of phenols is 2. The van der Waals surface area contributed by atoms with E-state index >= 15 is 0 Å². The van der Waals surface area contributed by atoms with Crippen LogP contribution in [0, 0.1) is 41.5 Å². The van der Waals surface area contributed by atoms with Crippen molar-refractivity contribution < 1.29 is 10.2 Å². The Labute approximate surface area is 216 Å². The van der Waals surface area contributed by atoms with E-state index in [1.54, 1.807) is 0 Å². The Kier molecular flexibility index (Phi) is 7.54. The lowest BCUT2D eigenvalue weighted by molar-refractivity contribution is 0.465. The summed E-state index contributed by atoms with van der Waals surface area (Å²) < 4.78 is 0. The van der Waals surface area contributed by atoms with Crippen LogP contribution >= 0.6 is 0 Å². The summed E-state index contributed by atoms with van der Waals surface area (Å²) in [4.78, 5) is 0. The van der Waals surface area contributed by atoms with Gasteiger partial charge in [-0.3, -0.25) is 0 Å². The minimum atomic E-state index is 0.391. The molecule has 4 rings (SSSR count). The van der Waals surface area contributed by atoms with Crippen LogP contribution < -0.4 is 0 Å². The molecule has 2 heteroatoms. The summed E-state index contributed by atoms with van der Waals surface area (Å²) in [5.41, 5.74) is 13.3. The Morgan fingerprint density at radius 2 is 0.833 bits per heavy atom. The highest BCUT2D eigenvalue weighted by Gasteiger charge is 2.15. The van der Waals surface area contributed by atoms with E-state index in [4.69, 9.17) is 0 Å². The first-order chi connectivity index (χ1) is 17.2. The fraction of sp³-hybridized carbons (Fsp3) is 0.294. The van der Waals surface area contributed by atoms with Crippen molar-refractivity contribution in [1.82, 2.24) is 0 Å². The largest absolute Gasteiger partial charge is 0.507 e. The molecular weight excluding hydrogens is 440 g/mol. The van der Waals surface area contributed by atoms with Gasteiger partial charge in [0.05, 0.1) is 0 Å². The molecule has 36 heavy (non-hydrogen) atoms. The number of rotatable bonds is 7. The maximum atomic E-state index is 11.1. The Morgan fingerprint density at radius 1 is 0.500 bits per heavy atom. The molecule has 0 saturated carbocycles. The molecule has 0 bridgehead atoms. The van der Waals surface area contributed by atoms with Gasteiger partial charge in [0.25, 0.3) is 0 Å². The van der Waals surface area contributed by atoms with Crippen molar-refractivity contribution in [1.29, 1.82) is 0 Å². The monoisotopic (exact) mass is 478 g/mol. The van der Waals surface area contributed by atoms with Crippen LogP contribution in [0.4, 0.5) is 0 Å². The second-order valence-corrected chi connectivity index (χ2v) is 10.4. The molecule has 0 fully saturated rings. The fourth-order valence-electron chi connectivity index (χ4n) is 5.83. The zero-order chi connectivity index (χ0) is 26.0. The summed E-state index contributed by atoms with van der Waals surface area (Å²) >= 11 is 0. The lowest BCUT2D eigenvalue weighted by atomic mass is 9.90. The van der Waals surface area contributed by atoms with Crippen LogP contribution in [-0.4, -0.2) is 10.2 Å². The minimum Gasteiger partial charge on any atom is -0.507 e. The summed E-state index contributed by atoms with van der Waals surface area (Å²) in [6.07, 6.45) is 3.49. The first kappa shape index (κ1) is 25.6. The summed E-state index contributed by atoms with van der Waals surface area (Å²) in [6.45, 7) is 12.7. The first-order valence-electron chi connectivity index (χ1n) is 13.0. The SMILES string of the molecule is Cc1cc(C)c(-c2cccc(CCCCc3cccc(-c4c(C)cc(C)cc4C)c3O)c2O)c(C)c1. The summed E-state index contributed by atoms with van der Waals surface area (Å²) in [5.74, 6) is 0.783. The van der Waals surface area contributed by atoms with Crippen LogP contribution in [0.25, 0.3) is 22.3 Å². The molecule has 0 unspecified atom stereocenters. The Bertz CT molecular complexity index is 1260. The van der Waals surface area contributed by atoms with Gasteiger partial charge in [0, 0.05) is 11.1 Å². The molecule has 0 heterocycles. The van der Waals surface area contributed by atoms with Gasteiger partial charge in [-0.25, -0.2) is 0 Å². The molecule has 0 aromatic heterocycles. The second kappa shape index (κ2) is 10.6. The van der Waals surface area contributed by atoms with E-state index in [0.29, 0.717) is 11.5 Å². The average Bonchev–Trinajstić information content (AvgIpc) is 2.79. The molecule has 0 aliphatic rings. The first-order valence-corrected chi connectivity index (χ1v) is 13.0. The number of aryl methyl sites for hydroxylation is 8. The fourth-order valence-corrected chi connectivity index (χ4v) is 5.83. The zero-order valence-electron chi connectivity index (χ0n) is 22.5. The normalized spacial score (nSPS) is 11.2. The van der Waals surface area contributed by atoms with Crippen LogP contribution in [0.15, 0.2) is 60.7 Å². The number of hydrogen-bond donors (Lipinski definition) is 2.